The summed E-state index contributed by atoms with van der Waals surface area (Å²) in [6.07, 6.45) is 1.92. The molecule has 0 radical (unpaired) electrons. The number of ether oxygens (including phenoxy) is 1. The molecule has 1 aliphatic rings. The number of hydrogen-bond donors (Lipinski definition) is 0. The summed E-state index contributed by atoms with van der Waals surface area (Å²) in [4.78, 5) is 16.1. The van der Waals surface area contributed by atoms with Gasteiger partial charge in [-0.3, -0.25) is 9.69 Å². The Morgan fingerprint density at radius 1 is 1.23 bits per heavy atom. The van der Waals surface area contributed by atoms with E-state index < -0.39 is 0 Å². The SMILES string of the molecule is Cc1cccc(C)c1OCCN1CCC(C(=O)N(C)C)CC1. The number of rotatable bonds is 5. The van der Waals surface area contributed by atoms with Gasteiger partial charge in [-0.05, 0) is 50.9 Å². The van der Waals surface area contributed by atoms with Crippen molar-refractivity contribution in [2.24, 2.45) is 5.92 Å². The van der Waals surface area contributed by atoms with Crippen molar-refractivity contribution in [2.45, 2.75) is 26.7 Å². The Kier molecular flexibility index (Phi) is 5.83. The second kappa shape index (κ2) is 7.63. The lowest BCUT2D eigenvalue weighted by Crippen LogP contribution is -2.41. The summed E-state index contributed by atoms with van der Waals surface area (Å²) in [6, 6.07) is 6.23. The fourth-order valence-electron chi connectivity index (χ4n) is 3.07. The highest BCUT2D eigenvalue weighted by Crippen LogP contribution is 2.23. The van der Waals surface area contributed by atoms with Crippen LogP contribution in [0.2, 0.25) is 0 Å². The third-order valence-electron chi connectivity index (χ3n) is 4.44. The van der Waals surface area contributed by atoms with Crippen LogP contribution in [-0.2, 0) is 4.79 Å². The summed E-state index contributed by atoms with van der Waals surface area (Å²) in [5.74, 6) is 1.48. The highest BCUT2D eigenvalue weighted by molar-refractivity contribution is 5.78. The monoisotopic (exact) mass is 304 g/mol. The zero-order valence-electron chi connectivity index (χ0n) is 14.3. The molecule has 1 aromatic rings. The summed E-state index contributed by atoms with van der Waals surface area (Å²) < 4.78 is 5.97. The number of likely N-dealkylation sites (tertiary alicyclic amines) is 1. The number of hydrogen-bond acceptors (Lipinski definition) is 3. The van der Waals surface area contributed by atoms with Crippen LogP contribution in [0.1, 0.15) is 24.0 Å². The van der Waals surface area contributed by atoms with Crippen molar-refractivity contribution >= 4 is 5.91 Å². The molecule has 0 unspecified atom stereocenters. The van der Waals surface area contributed by atoms with Gasteiger partial charge >= 0.3 is 0 Å². The van der Waals surface area contributed by atoms with E-state index >= 15 is 0 Å². The van der Waals surface area contributed by atoms with Gasteiger partial charge in [0.25, 0.3) is 0 Å². The van der Waals surface area contributed by atoms with Crippen LogP contribution >= 0.6 is 0 Å². The number of nitrogens with zero attached hydrogens (tertiary/aromatic N) is 2. The Bertz CT molecular complexity index is 486. The van der Waals surface area contributed by atoms with Gasteiger partial charge in [0.1, 0.15) is 12.4 Å². The lowest BCUT2D eigenvalue weighted by Gasteiger charge is -2.32. The van der Waals surface area contributed by atoms with Crippen molar-refractivity contribution in [3.8, 4) is 5.75 Å². The molecule has 1 heterocycles. The maximum Gasteiger partial charge on any atom is 0.225 e. The maximum atomic E-state index is 12.0. The Hall–Kier alpha value is -1.55. The summed E-state index contributed by atoms with van der Waals surface area (Å²) in [7, 11) is 3.68. The number of para-hydroxylation sites is 1. The molecule has 0 saturated carbocycles. The molecule has 1 fully saturated rings. The highest BCUT2D eigenvalue weighted by Gasteiger charge is 2.25. The van der Waals surface area contributed by atoms with E-state index in [9.17, 15) is 4.79 Å². The number of piperidine rings is 1. The molecule has 2 rings (SSSR count). The van der Waals surface area contributed by atoms with E-state index in [0.717, 1.165) is 38.2 Å². The number of carbonyl (C=O) groups is 1. The minimum atomic E-state index is 0.200. The molecule has 0 atom stereocenters. The molecule has 0 N–H and O–H groups in total. The molecule has 4 nitrogen and oxygen atoms in total. The Balaban J connectivity index is 1.74. The minimum absolute atomic E-state index is 0.200. The third kappa shape index (κ3) is 4.23. The number of carbonyl (C=O) groups excluding carboxylic acids is 1. The van der Waals surface area contributed by atoms with E-state index in [1.165, 1.54) is 11.1 Å². The molecule has 0 spiro atoms. The van der Waals surface area contributed by atoms with Crippen LogP contribution < -0.4 is 4.74 Å². The first kappa shape index (κ1) is 16.8. The van der Waals surface area contributed by atoms with Crippen LogP contribution in [0.25, 0.3) is 0 Å². The predicted molar refractivity (Wildman–Crippen MR) is 89.3 cm³/mol. The van der Waals surface area contributed by atoms with Crippen molar-refractivity contribution in [3.63, 3.8) is 0 Å². The van der Waals surface area contributed by atoms with E-state index in [1.807, 2.05) is 14.1 Å². The molecule has 1 saturated heterocycles. The Labute approximate surface area is 134 Å². The summed E-state index contributed by atoms with van der Waals surface area (Å²) in [5.41, 5.74) is 2.38. The molecule has 1 aromatic carbocycles. The second-order valence-electron chi connectivity index (χ2n) is 6.42. The van der Waals surface area contributed by atoms with Crippen LogP contribution in [0.3, 0.4) is 0 Å². The van der Waals surface area contributed by atoms with Crippen molar-refractivity contribution in [2.75, 3.05) is 40.3 Å². The summed E-state index contributed by atoms with van der Waals surface area (Å²) in [5, 5.41) is 0. The Morgan fingerprint density at radius 2 is 1.82 bits per heavy atom. The van der Waals surface area contributed by atoms with E-state index in [0.29, 0.717) is 6.61 Å². The first-order chi connectivity index (χ1) is 10.5. The van der Waals surface area contributed by atoms with E-state index in [-0.39, 0.29) is 11.8 Å². The fraction of sp³-hybridized carbons (Fsp3) is 0.611. The molecular formula is C18H28N2O2. The van der Waals surface area contributed by atoms with E-state index in [4.69, 9.17) is 4.74 Å². The molecule has 122 valence electrons. The topological polar surface area (TPSA) is 32.8 Å². The maximum absolute atomic E-state index is 12.0. The van der Waals surface area contributed by atoms with Crippen molar-refractivity contribution in [3.05, 3.63) is 29.3 Å². The molecule has 22 heavy (non-hydrogen) atoms. The van der Waals surface area contributed by atoms with Crippen molar-refractivity contribution in [1.82, 2.24) is 9.80 Å². The Morgan fingerprint density at radius 3 is 2.36 bits per heavy atom. The van der Waals surface area contributed by atoms with Crippen molar-refractivity contribution in [1.29, 1.82) is 0 Å². The van der Waals surface area contributed by atoms with Gasteiger partial charge in [0.15, 0.2) is 0 Å². The lowest BCUT2D eigenvalue weighted by molar-refractivity contribution is -0.134. The van der Waals surface area contributed by atoms with Gasteiger partial charge in [-0.2, -0.15) is 0 Å². The highest BCUT2D eigenvalue weighted by atomic mass is 16.5. The van der Waals surface area contributed by atoms with Gasteiger partial charge in [-0.1, -0.05) is 18.2 Å². The first-order valence-electron chi connectivity index (χ1n) is 8.11. The molecule has 1 amide bonds. The van der Waals surface area contributed by atoms with Gasteiger partial charge in [0.05, 0.1) is 0 Å². The van der Waals surface area contributed by atoms with E-state index in [2.05, 4.69) is 36.9 Å². The van der Waals surface area contributed by atoms with E-state index in [1.54, 1.807) is 4.90 Å². The van der Waals surface area contributed by atoms with Crippen LogP contribution in [0, 0.1) is 19.8 Å². The molecule has 1 aliphatic heterocycles. The average molecular weight is 304 g/mol. The third-order valence-corrected chi connectivity index (χ3v) is 4.44. The van der Waals surface area contributed by atoms with Crippen LogP contribution in [0.5, 0.6) is 5.75 Å². The quantitative estimate of drug-likeness (QED) is 0.838. The largest absolute Gasteiger partial charge is 0.492 e. The number of benzene rings is 1. The van der Waals surface area contributed by atoms with Gasteiger partial charge in [-0.25, -0.2) is 0 Å². The van der Waals surface area contributed by atoms with Crippen molar-refractivity contribution < 1.29 is 9.53 Å². The number of amides is 1. The van der Waals surface area contributed by atoms with Gasteiger partial charge in [0, 0.05) is 26.6 Å². The molecule has 0 aromatic heterocycles. The predicted octanol–water partition coefficient (Wildman–Crippen LogP) is 2.48. The van der Waals surface area contributed by atoms with Gasteiger partial charge in [-0.15, -0.1) is 0 Å². The molecule has 4 heteroatoms. The van der Waals surface area contributed by atoms with Gasteiger partial charge in [0.2, 0.25) is 5.91 Å². The zero-order chi connectivity index (χ0) is 16.1. The molecule has 0 aliphatic carbocycles. The average Bonchev–Trinajstić information content (AvgIpc) is 2.50. The molecular weight excluding hydrogens is 276 g/mol. The van der Waals surface area contributed by atoms with Crippen LogP contribution in [-0.4, -0.2) is 56.0 Å². The summed E-state index contributed by atoms with van der Waals surface area (Å²) in [6.45, 7) is 7.77. The standard InChI is InChI=1S/C18H28N2O2/c1-14-6-5-7-15(2)17(14)22-13-12-20-10-8-16(9-11-20)18(21)19(3)4/h5-7,16H,8-13H2,1-4H3. The molecule has 0 bridgehead atoms. The zero-order valence-corrected chi connectivity index (χ0v) is 14.3. The fourth-order valence-corrected chi connectivity index (χ4v) is 3.07. The second-order valence-corrected chi connectivity index (χ2v) is 6.42. The van der Waals surface area contributed by atoms with Gasteiger partial charge < -0.3 is 9.64 Å². The normalized spacial score (nSPS) is 16.5. The van der Waals surface area contributed by atoms with Crippen LogP contribution in [0.4, 0.5) is 0 Å². The lowest BCUT2D eigenvalue weighted by atomic mass is 9.95. The minimum Gasteiger partial charge on any atom is -0.492 e. The van der Waals surface area contributed by atoms with Crippen LogP contribution in [0.15, 0.2) is 18.2 Å². The summed E-state index contributed by atoms with van der Waals surface area (Å²) >= 11 is 0. The first-order valence-corrected chi connectivity index (χ1v) is 8.11. The number of aryl methyl sites for hydroxylation is 2. The smallest absolute Gasteiger partial charge is 0.225 e.